The van der Waals surface area contributed by atoms with Gasteiger partial charge in [-0.3, -0.25) is 19.4 Å². The normalized spacial score (nSPS) is 16.6. The molecule has 9 heteroatoms. The molecular formula is C32H34FN5O3. The first kappa shape index (κ1) is 28.0. The third-order valence-electron chi connectivity index (χ3n) is 7.42. The number of hydrogen-bond acceptors (Lipinski definition) is 5. The zero-order valence-corrected chi connectivity index (χ0v) is 23.1. The van der Waals surface area contributed by atoms with Crippen LogP contribution in [0.5, 0.6) is 0 Å². The molecule has 5 rings (SSSR count). The Morgan fingerprint density at radius 3 is 2.61 bits per heavy atom. The molecule has 2 N–H and O–H groups in total. The number of Topliss-reactive ketones (excluding diaryl/α,β-unsaturated/α-hetero) is 1. The summed E-state index contributed by atoms with van der Waals surface area (Å²) in [4.78, 5) is 44.2. The number of amides is 2. The van der Waals surface area contributed by atoms with Gasteiger partial charge in [0.05, 0.1) is 18.4 Å². The van der Waals surface area contributed by atoms with E-state index in [0.717, 1.165) is 30.6 Å². The van der Waals surface area contributed by atoms with Crippen molar-refractivity contribution in [3.05, 3.63) is 90.4 Å². The van der Waals surface area contributed by atoms with Gasteiger partial charge in [0, 0.05) is 47.5 Å². The minimum absolute atomic E-state index is 0.0178. The number of fused-ring (bicyclic) bond motifs is 1. The molecule has 4 aromatic rings. The number of anilines is 2. The summed E-state index contributed by atoms with van der Waals surface area (Å²) in [7, 11) is 0. The standard InChI is InChI=1S/C32H34FN5O3/c1-22(39)28-20-37(29-13-12-25(17-27(28)29)36-26-11-7-14-34-18-26)21-31(40)38-19-24(33)16-30(38)32(41)35-15-6-5-10-23-8-3-2-4-9-23/h2-4,7-9,11-14,17-18,20,24,30,36H,5-6,10,15-16,19,21H2,1H3,(H,35,41)/t24-,30+/m1/s1. The van der Waals surface area contributed by atoms with Crippen molar-refractivity contribution in [1.82, 2.24) is 19.8 Å². The van der Waals surface area contributed by atoms with Gasteiger partial charge in [0.25, 0.3) is 0 Å². The minimum atomic E-state index is -1.26. The van der Waals surface area contributed by atoms with E-state index < -0.39 is 12.2 Å². The number of pyridine rings is 1. The molecule has 3 heterocycles. The summed E-state index contributed by atoms with van der Waals surface area (Å²) in [6, 6.07) is 18.6. The minimum Gasteiger partial charge on any atom is -0.354 e. The first-order valence-corrected chi connectivity index (χ1v) is 13.9. The van der Waals surface area contributed by atoms with E-state index in [4.69, 9.17) is 0 Å². The molecule has 0 radical (unpaired) electrons. The second kappa shape index (κ2) is 12.8. The molecule has 8 nitrogen and oxygen atoms in total. The average molecular weight is 556 g/mol. The van der Waals surface area contributed by atoms with Crippen molar-refractivity contribution in [2.45, 2.75) is 51.4 Å². The van der Waals surface area contributed by atoms with E-state index in [0.29, 0.717) is 23.0 Å². The molecule has 212 valence electrons. The highest BCUT2D eigenvalue weighted by Crippen LogP contribution is 2.28. The number of likely N-dealkylation sites (tertiary alicyclic amines) is 1. The number of nitrogens with zero attached hydrogens (tertiary/aromatic N) is 3. The van der Waals surface area contributed by atoms with Crippen LogP contribution in [0.25, 0.3) is 10.9 Å². The van der Waals surface area contributed by atoms with E-state index in [1.54, 1.807) is 23.2 Å². The quantitative estimate of drug-likeness (QED) is 0.199. The summed E-state index contributed by atoms with van der Waals surface area (Å²) in [5, 5.41) is 6.86. The van der Waals surface area contributed by atoms with Crippen LogP contribution in [-0.2, 0) is 22.6 Å². The molecule has 0 spiro atoms. The predicted molar refractivity (Wildman–Crippen MR) is 157 cm³/mol. The fourth-order valence-electron chi connectivity index (χ4n) is 5.36. The highest BCUT2D eigenvalue weighted by molar-refractivity contribution is 6.08. The zero-order valence-electron chi connectivity index (χ0n) is 23.1. The lowest BCUT2D eigenvalue weighted by atomic mass is 10.1. The lowest BCUT2D eigenvalue weighted by Crippen LogP contribution is -2.47. The number of nitrogens with one attached hydrogen (secondary N) is 2. The molecule has 41 heavy (non-hydrogen) atoms. The number of unbranched alkanes of at least 4 members (excludes halogenated alkanes) is 1. The van der Waals surface area contributed by atoms with E-state index >= 15 is 0 Å². The largest absolute Gasteiger partial charge is 0.354 e. The predicted octanol–water partition coefficient (Wildman–Crippen LogP) is 5.06. The van der Waals surface area contributed by atoms with Crippen molar-refractivity contribution in [1.29, 1.82) is 0 Å². The molecule has 0 bridgehead atoms. The Hall–Kier alpha value is -4.53. The van der Waals surface area contributed by atoms with Gasteiger partial charge >= 0.3 is 0 Å². The van der Waals surface area contributed by atoms with E-state index in [-0.39, 0.29) is 37.1 Å². The molecule has 1 aliphatic rings. The maximum atomic E-state index is 14.5. The van der Waals surface area contributed by atoms with Crippen LogP contribution in [0, 0.1) is 0 Å². The smallest absolute Gasteiger partial charge is 0.243 e. The second-order valence-corrected chi connectivity index (χ2v) is 10.5. The van der Waals surface area contributed by atoms with Crippen LogP contribution in [-0.4, -0.2) is 57.4 Å². The Kier molecular flexibility index (Phi) is 8.72. The van der Waals surface area contributed by atoms with Crippen LogP contribution < -0.4 is 10.6 Å². The summed E-state index contributed by atoms with van der Waals surface area (Å²) >= 11 is 0. The van der Waals surface area contributed by atoms with Crippen LogP contribution >= 0.6 is 0 Å². The number of ketones is 1. The van der Waals surface area contributed by atoms with Gasteiger partial charge in [-0.05, 0) is 62.1 Å². The summed E-state index contributed by atoms with van der Waals surface area (Å²) in [5.74, 6) is -0.820. The third kappa shape index (κ3) is 6.80. The van der Waals surface area contributed by atoms with Gasteiger partial charge < -0.3 is 20.1 Å². The Labute approximate surface area is 238 Å². The number of aryl methyl sites for hydroxylation is 1. The molecule has 1 saturated heterocycles. The lowest BCUT2D eigenvalue weighted by molar-refractivity contribution is -0.138. The molecule has 1 fully saturated rings. The van der Waals surface area contributed by atoms with Crippen LogP contribution in [0.15, 0.2) is 79.3 Å². The number of halogens is 1. The first-order valence-electron chi connectivity index (χ1n) is 13.9. The van der Waals surface area contributed by atoms with Gasteiger partial charge in [-0.2, -0.15) is 0 Å². The van der Waals surface area contributed by atoms with Gasteiger partial charge in [-0.25, -0.2) is 4.39 Å². The molecule has 2 aromatic heterocycles. The van der Waals surface area contributed by atoms with Gasteiger partial charge in [-0.15, -0.1) is 0 Å². The van der Waals surface area contributed by atoms with E-state index in [9.17, 15) is 18.8 Å². The van der Waals surface area contributed by atoms with Crippen LogP contribution in [0.2, 0.25) is 0 Å². The Morgan fingerprint density at radius 1 is 1.02 bits per heavy atom. The molecule has 2 aromatic carbocycles. The number of benzene rings is 2. The Morgan fingerprint density at radius 2 is 1.85 bits per heavy atom. The molecule has 0 aliphatic carbocycles. The number of carbonyl (C=O) groups is 3. The molecule has 2 atom stereocenters. The van der Waals surface area contributed by atoms with Crippen molar-refractivity contribution in [3.8, 4) is 0 Å². The molecular weight excluding hydrogens is 521 g/mol. The first-order chi connectivity index (χ1) is 19.9. The monoisotopic (exact) mass is 555 g/mol. The number of aromatic nitrogens is 2. The van der Waals surface area contributed by atoms with E-state index in [1.807, 2.05) is 48.5 Å². The lowest BCUT2D eigenvalue weighted by Gasteiger charge is -2.24. The van der Waals surface area contributed by atoms with Crippen molar-refractivity contribution in [2.24, 2.45) is 0 Å². The maximum absolute atomic E-state index is 14.5. The highest BCUT2D eigenvalue weighted by Gasteiger charge is 2.39. The number of carbonyl (C=O) groups excluding carboxylic acids is 3. The molecule has 1 aliphatic heterocycles. The van der Waals surface area contributed by atoms with Crippen molar-refractivity contribution < 1.29 is 18.8 Å². The fraction of sp³-hybridized carbons (Fsp3) is 0.312. The number of alkyl halides is 1. The van der Waals surface area contributed by atoms with Crippen LogP contribution in [0.1, 0.15) is 42.1 Å². The van der Waals surface area contributed by atoms with E-state index in [2.05, 4.69) is 27.8 Å². The number of rotatable bonds is 11. The SMILES string of the molecule is CC(=O)c1cn(CC(=O)N2C[C@H](F)C[C@H]2C(=O)NCCCCc2ccccc2)c2ccc(Nc3cccnc3)cc12. The van der Waals surface area contributed by atoms with Gasteiger partial charge in [-0.1, -0.05) is 30.3 Å². The van der Waals surface area contributed by atoms with E-state index in [1.165, 1.54) is 17.4 Å². The highest BCUT2D eigenvalue weighted by atomic mass is 19.1. The van der Waals surface area contributed by atoms with Gasteiger partial charge in [0.15, 0.2) is 5.78 Å². The maximum Gasteiger partial charge on any atom is 0.243 e. The summed E-state index contributed by atoms with van der Waals surface area (Å²) in [6.07, 6.45) is 6.40. The third-order valence-corrected chi connectivity index (χ3v) is 7.42. The van der Waals surface area contributed by atoms with Gasteiger partial charge in [0.1, 0.15) is 18.8 Å². The fourth-order valence-corrected chi connectivity index (χ4v) is 5.36. The Bertz CT molecular complexity index is 1520. The summed E-state index contributed by atoms with van der Waals surface area (Å²) in [5.41, 5.74) is 4.02. The molecule has 2 amide bonds. The zero-order chi connectivity index (χ0) is 28.8. The second-order valence-electron chi connectivity index (χ2n) is 10.5. The summed E-state index contributed by atoms with van der Waals surface area (Å²) in [6.45, 7) is 1.73. The van der Waals surface area contributed by atoms with Crippen molar-refractivity contribution in [2.75, 3.05) is 18.4 Å². The van der Waals surface area contributed by atoms with Gasteiger partial charge in [0.2, 0.25) is 11.8 Å². The molecule has 0 saturated carbocycles. The van der Waals surface area contributed by atoms with Crippen molar-refractivity contribution >= 4 is 39.9 Å². The number of hydrogen-bond donors (Lipinski definition) is 2. The molecule has 0 unspecified atom stereocenters. The Balaban J connectivity index is 1.24. The van der Waals surface area contributed by atoms with Crippen molar-refractivity contribution in [3.63, 3.8) is 0 Å². The van der Waals surface area contributed by atoms with Crippen LogP contribution in [0.3, 0.4) is 0 Å². The topological polar surface area (TPSA) is 96.3 Å². The average Bonchev–Trinajstić information content (AvgIpc) is 3.54. The summed E-state index contributed by atoms with van der Waals surface area (Å²) < 4.78 is 16.2. The van der Waals surface area contributed by atoms with Crippen LogP contribution in [0.4, 0.5) is 15.8 Å².